The van der Waals surface area contributed by atoms with E-state index in [1.807, 2.05) is 0 Å². The van der Waals surface area contributed by atoms with Gasteiger partial charge in [-0.3, -0.25) is 4.90 Å². The van der Waals surface area contributed by atoms with E-state index in [4.69, 9.17) is 0 Å². The first-order chi connectivity index (χ1) is 9.83. The van der Waals surface area contributed by atoms with Crippen molar-refractivity contribution < 1.29 is 0 Å². The third-order valence-electron chi connectivity index (χ3n) is 6.38. The molecule has 0 N–H and O–H groups in total. The van der Waals surface area contributed by atoms with Crippen LogP contribution in [-0.2, 0) is 0 Å². The summed E-state index contributed by atoms with van der Waals surface area (Å²) < 4.78 is 0. The van der Waals surface area contributed by atoms with Crippen LogP contribution >= 0.6 is 0 Å². The van der Waals surface area contributed by atoms with Crippen molar-refractivity contribution in [2.45, 2.75) is 83.2 Å². The molecule has 0 spiro atoms. The normalized spacial score (nSPS) is 42.7. The number of fused-ring (bicyclic) bond motifs is 1. The molecule has 1 aliphatic heterocycles. The van der Waals surface area contributed by atoms with Crippen molar-refractivity contribution >= 4 is 0 Å². The summed E-state index contributed by atoms with van der Waals surface area (Å²) in [6.07, 6.45) is 13.5. The molecule has 2 heteroatoms. The minimum absolute atomic E-state index is 0.304. The predicted octanol–water partition coefficient (Wildman–Crippen LogP) is 4.36. The molecule has 1 heterocycles. The Labute approximate surface area is 124 Å². The number of nitriles is 1. The molecular weight excluding hydrogens is 244 g/mol. The fourth-order valence-corrected chi connectivity index (χ4v) is 5.19. The number of piperidine rings is 1. The van der Waals surface area contributed by atoms with Crippen molar-refractivity contribution in [1.29, 1.82) is 5.26 Å². The SMILES string of the molecule is CCC1CCC(C#N)C(N2CCCC3CCCCC32)C1. The predicted molar refractivity (Wildman–Crippen MR) is 82.2 cm³/mol. The zero-order valence-electron chi connectivity index (χ0n) is 13.1. The van der Waals surface area contributed by atoms with E-state index in [0.29, 0.717) is 12.0 Å². The number of hydrogen-bond acceptors (Lipinski definition) is 2. The van der Waals surface area contributed by atoms with Gasteiger partial charge in [-0.05, 0) is 63.3 Å². The van der Waals surface area contributed by atoms with Crippen LogP contribution in [0, 0.1) is 29.1 Å². The third kappa shape index (κ3) is 2.75. The topological polar surface area (TPSA) is 27.0 Å². The van der Waals surface area contributed by atoms with Gasteiger partial charge in [0.05, 0.1) is 12.0 Å². The van der Waals surface area contributed by atoms with Gasteiger partial charge in [-0.15, -0.1) is 0 Å². The Kier molecular flexibility index (Phi) is 4.66. The molecular formula is C18H30N2. The number of hydrogen-bond donors (Lipinski definition) is 0. The standard InChI is InChI=1S/C18H30N2/c1-2-14-9-10-16(13-19)18(12-14)20-11-5-7-15-6-3-4-8-17(15)20/h14-18H,2-12H2,1H3. The Morgan fingerprint density at radius 2 is 1.80 bits per heavy atom. The minimum atomic E-state index is 0.304. The van der Waals surface area contributed by atoms with Crippen LogP contribution in [0.4, 0.5) is 0 Å². The molecule has 3 rings (SSSR count). The van der Waals surface area contributed by atoms with Gasteiger partial charge in [0, 0.05) is 12.1 Å². The van der Waals surface area contributed by atoms with E-state index >= 15 is 0 Å². The van der Waals surface area contributed by atoms with Gasteiger partial charge < -0.3 is 0 Å². The summed E-state index contributed by atoms with van der Waals surface area (Å²) in [5, 5.41) is 9.57. The van der Waals surface area contributed by atoms with E-state index in [1.165, 1.54) is 64.3 Å². The quantitative estimate of drug-likeness (QED) is 0.748. The summed E-state index contributed by atoms with van der Waals surface area (Å²) in [4.78, 5) is 2.81. The Hall–Kier alpha value is -0.550. The van der Waals surface area contributed by atoms with Crippen molar-refractivity contribution in [3.63, 3.8) is 0 Å². The first-order valence-electron chi connectivity index (χ1n) is 8.98. The zero-order valence-corrected chi connectivity index (χ0v) is 13.1. The smallest absolute Gasteiger partial charge is 0.0672 e. The molecule has 0 aromatic carbocycles. The molecule has 0 amide bonds. The van der Waals surface area contributed by atoms with Crippen molar-refractivity contribution in [2.24, 2.45) is 17.8 Å². The first kappa shape index (κ1) is 14.4. The van der Waals surface area contributed by atoms with Crippen LogP contribution in [0.5, 0.6) is 0 Å². The lowest BCUT2D eigenvalue weighted by Crippen LogP contribution is -2.55. The van der Waals surface area contributed by atoms with Crippen molar-refractivity contribution in [3.05, 3.63) is 0 Å². The maximum Gasteiger partial charge on any atom is 0.0672 e. The highest BCUT2D eigenvalue weighted by Gasteiger charge is 2.41. The maximum atomic E-state index is 9.57. The maximum absolute atomic E-state index is 9.57. The van der Waals surface area contributed by atoms with Crippen LogP contribution in [0.3, 0.4) is 0 Å². The summed E-state index contributed by atoms with van der Waals surface area (Å²) in [6.45, 7) is 3.59. The molecule has 0 aromatic rings. The van der Waals surface area contributed by atoms with Gasteiger partial charge >= 0.3 is 0 Å². The second-order valence-electron chi connectivity index (χ2n) is 7.38. The molecule has 2 saturated carbocycles. The van der Waals surface area contributed by atoms with E-state index < -0.39 is 0 Å². The van der Waals surface area contributed by atoms with Gasteiger partial charge in [-0.25, -0.2) is 0 Å². The lowest BCUT2D eigenvalue weighted by atomic mass is 9.72. The molecule has 3 fully saturated rings. The van der Waals surface area contributed by atoms with E-state index in [2.05, 4.69) is 17.9 Å². The summed E-state index contributed by atoms with van der Waals surface area (Å²) in [7, 11) is 0. The highest BCUT2D eigenvalue weighted by atomic mass is 15.2. The molecule has 0 bridgehead atoms. The molecule has 2 nitrogen and oxygen atoms in total. The first-order valence-corrected chi connectivity index (χ1v) is 8.98. The van der Waals surface area contributed by atoms with Crippen molar-refractivity contribution in [1.82, 2.24) is 4.90 Å². The van der Waals surface area contributed by atoms with Crippen LogP contribution < -0.4 is 0 Å². The fraction of sp³-hybridized carbons (Fsp3) is 0.944. The molecule has 5 atom stereocenters. The molecule has 0 aromatic heterocycles. The van der Waals surface area contributed by atoms with Gasteiger partial charge in [-0.2, -0.15) is 5.26 Å². The van der Waals surface area contributed by atoms with Gasteiger partial charge in [0.15, 0.2) is 0 Å². The molecule has 3 aliphatic rings. The minimum Gasteiger partial charge on any atom is -0.296 e. The number of likely N-dealkylation sites (tertiary alicyclic amines) is 1. The van der Waals surface area contributed by atoms with E-state index in [1.54, 1.807) is 0 Å². The van der Waals surface area contributed by atoms with Crippen molar-refractivity contribution in [3.8, 4) is 6.07 Å². The molecule has 1 saturated heterocycles. The molecule has 5 unspecified atom stereocenters. The van der Waals surface area contributed by atoms with Gasteiger partial charge in [0.1, 0.15) is 0 Å². The van der Waals surface area contributed by atoms with Crippen LogP contribution in [0.25, 0.3) is 0 Å². The average molecular weight is 274 g/mol. The van der Waals surface area contributed by atoms with Crippen LogP contribution in [0.1, 0.15) is 71.1 Å². The van der Waals surface area contributed by atoms with Crippen LogP contribution in [0.2, 0.25) is 0 Å². The fourth-order valence-electron chi connectivity index (χ4n) is 5.19. The highest BCUT2D eigenvalue weighted by molar-refractivity contribution is 5.01. The Morgan fingerprint density at radius 1 is 1.00 bits per heavy atom. The van der Waals surface area contributed by atoms with E-state index in [-0.39, 0.29) is 0 Å². The lowest BCUT2D eigenvalue weighted by Gasteiger charge is -2.50. The van der Waals surface area contributed by atoms with Crippen molar-refractivity contribution in [2.75, 3.05) is 6.54 Å². The summed E-state index contributed by atoms with van der Waals surface area (Å²) in [6, 6.07) is 4.04. The van der Waals surface area contributed by atoms with E-state index in [0.717, 1.165) is 24.3 Å². The largest absolute Gasteiger partial charge is 0.296 e. The average Bonchev–Trinajstić information content (AvgIpc) is 2.53. The second-order valence-corrected chi connectivity index (χ2v) is 7.38. The Balaban J connectivity index is 1.75. The monoisotopic (exact) mass is 274 g/mol. The zero-order chi connectivity index (χ0) is 13.9. The Bertz CT molecular complexity index is 357. The Morgan fingerprint density at radius 3 is 2.60 bits per heavy atom. The lowest BCUT2D eigenvalue weighted by molar-refractivity contribution is -0.00876. The summed E-state index contributed by atoms with van der Waals surface area (Å²) in [5.74, 6) is 2.12. The molecule has 20 heavy (non-hydrogen) atoms. The third-order valence-corrected chi connectivity index (χ3v) is 6.38. The number of rotatable bonds is 2. The second kappa shape index (κ2) is 6.48. The van der Waals surface area contributed by atoms with Gasteiger partial charge in [-0.1, -0.05) is 26.2 Å². The van der Waals surface area contributed by atoms with E-state index in [9.17, 15) is 5.26 Å². The van der Waals surface area contributed by atoms with Gasteiger partial charge in [0.2, 0.25) is 0 Å². The molecule has 0 radical (unpaired) electrons. The summed E-state index contributed by atoms with van der Waals surface area (Å²) >= 11 is 0. The molecule has 112 valence electrons. The van der Waals surface area contributed by atoms with Crippen LogP contribution in [0.15, 0.2) is 0 Å². The van der Waals surface area contributed by atoms with Crippen LogP contribution in [-0.4, -0.2) is 23.5 Å². The van der Waals surface area contributed by atoms with Gasteiger partial charge in [0.25, 0.3) is 0 Å². The number of nitrogens with zero attached hydrogens (tertiary/aromatic N) is 2. The summed E-state index contributed by atoms with van der Waals surface area (Å²) in [5.41, 5.74) is 0. The highest BCUT2D eigenvalue weighted by Crippen LogP contribution is 2.41. The molecule has 2 aliphatic carbocycles.